The number of fused-ring (bicyclic) bond motifs is 3. The molecule has 3 N–H and O–H groups in total. The molecular weight excluding hydrogens is 585 g/mol. The quantitative estimate of drug-likeness (QED) is 0.110. The van der Waals surface area contributed by atoms with E-state index in [4.69, 9.17) is 5.73 Å². The summed E-state index contributed by atoms with van der Waals surface area (Å²) in [5.74, 6) is -2.09. The zero-order chi connectivity index (χ0) is 31.3. The van der Waals surface area contributed by atoms with E-state index >= 15 is 0 Å². The maximum absolute atomic E-state index is 13.3. The van der Waals surface area contributed by atoms with Crippen LogP contribution in [0.3, 0.4) is 0 Å². The molecule has 0 aliphatic rings. The Hall–Kier alpha value is -5.68. The molecule has 0 fully saturated rings. The third-order valence-electron chi connectivity index (χ3n) is 5.92. The summed E-state index contributed by atoms with van der Waals surface area (Å²) in [5, 5.41) is 34.1. The molecular formula is C25H20F5N9O4. The van der Waals surface area contributed by atoms with Crippen LogP contribution in [0.5, 0.6) is 0 Å². The van der Waals surface area contributed by atoms with Gasteiger partial charge >= 0.3 is 0 Å². The Morgan fingerprint density at radius 3 is 1.77 bits per heavy atom. The summed E-state index contributed by atoms with van der Waals surface area (Å²) in [6, 6.07) is 12.3. The van der Waals surface area contributed by atoms with E-state index in [9.17, 15) is 42.2 Å². The third-order valence-corrected chi connectivity index (χ3v) is 5.92. The van der Waals surface area contributed by atoms with E-state index in [0.29, 0.717) is 27.6 Å². The number of nitrogens with two attached hydrogens (primary N) is 1. The van der Waals surface area contributed by atoms with Gasteiger partial charge in [0, 0.05) is 30.0 Å². The van der Waals surface area contributed by atoms with Gasteiger partial charge < -0.3 is 5.73 Å². The number of nitro groups is 2. The van der Waals surface area contributed by atoms with Crippen molar-refractivity contribution in [1.82, 2.24) is 29.8 Å². The number of nitrogens with one attached hydrogen (secondary N) is 1. The molecule has 0 unspecified atom stereocenters. The number of alkyl halides is 2. The van der Waals surface area contributed by atoms with E-state index in [1.807, 2.05) is 0 Å². The molecule has 0 amide bonds. The van der Waals surface area contributed by atoms with Gasteiger partial charge in [-0.1, -0.05) is 0 Å². The Morgan fingerprint density at radius 2 is 1.23 bits per heavy atom. The van der Waals surface area contributed by atoms with Crippen LogP contribution in [0.1, 0.15) is 0 Å². The molecule has 0 aliphatic carbocycles. The van der Waals surface area contributed by atoms with E-state index < -0.39 is 41.0 Å². The molecule has 0 atom stereocenters. The summed E-state index contributed by atoms with van der Waals surface area (Å²) in [6.45, 7) is -1.25. The van der Waals surface area contributed by atoms with Crippen LogP contribution in [0, 0.1) is 38.1 Å². The van der Waals surface area contributed by atoms with E-state index in [0.717, 1.165) is 16.8 Å². The summed E-state index contributed by atoms with van der Waals surface area (Å²) < 4.78 is 66.0. The highest BCUT2D eigenvalue weighted by atomic mass is 19.1. The SMILES string of the molecule is Nc1ccc2c(c1)c(F)nn2CCF.O=[N+]([O-])c1ccc2c(c1)c(F)nn2CCF.O=[N+]([O-])c1ccc2n[nH]c(F)c2c1. The van der Waals surface area contributed by atoms with E-state index in [-0.39, 0.29) is 35.2 Å². The number of nitro benzene ring substituents is 2. The number of halogens is 5. The van der Waals surface area contributed by atoms with E-state index in [1.54, 1.807) is 12.1 Å². The number of non-ortho nitro benzene ring substituents is 2. The predicted molar refractivity (Wildman–Crippen MR) is 145 cm³/mol. The van der Waals surface area contributed by atoms with Gasteiger partial charge in [0.15, 0.2) is 0 Å². The molecule has 18 heteroatoms. The number of H-pyrrole nitrogens is 1. The number of anilines is 1. The summed E-state index contributed by atoms with van der Waals surface area (Å²) in [7, 11) is 0. The monoisotopic (exact) mass is 605 g/mol. The second-order valence-corrected chi connectivity index (χ2v) is 8.64. The fourth-order valence-electron chi connectivity index (χ4n) is 3.98. The molecule has 0 saturated carbocycles. The number of aryl methyl sites for hydroxylation is 2. The topological polar surface area (TPSA) is 177 Å². The summed E-state index contributed by atoms with van der Waals surface area (Å²) in [5.41, 5.74) is 6.89. The number of nitrogen functional groups attached to an aromatic ring is 1. The van der Waals surface area contributed by atoms with Crippen LogP contribution < -0.4 is 5.73 Å². The Balaban J connectivity index is 0.000000148. The van der Waals surface area contributed by atoms with Crippen LogP contribution in [0.2, 0.25) is 0 Å². The van der Waals surface area contributed by atoms with Crippen molar-refractivity contribution < 1.29 is 31.8 Å². The van der Waals surface area contributed by atoms with Gasteiger partial charge in [0.2, 0.25) is 17.8 Å². The van der Waals surface area contributed by atoms with Crippen molar-refractivity contribution in [2.75, 3.05) is 19.1 Å². The Labute approximate surface area is 236 Å². The first-order chi connectivity index (χ1) is 20.5. The molecule has 6 aromatic rings. The van der Waals surface area contributed by atoms with Crippen LogP contribution >= 0.6 is 0 Å². The minimum Gasteiger partial charge on any atom is -0.399 e. The van der Waals surface area contributed by atoms with Gasteiger partial charge in [-0.25, -0.2) is 8.78 Å². The first-order valence-electron chi connectivity index (χ1n) is 12.2. The van der Waals surface area contributed by atoms with Gasteiger partial charge in [0.1, 0.15) is 13.3 Å². The van der Waals surface area contributed by atoms with Crippen molar-refractivity contribution in [2.24, 2.45) is 0 Å². The van der Waals surface area contributed by atoms with E-state index in [2.05, 4.69) is 20.4 Å². The van der Waals surface area contributed by atoms with Crippen LogP contribution in [0.15, 0.2) is 54.6 Å². The first-order valence-corrected chi connectivity index (χ1v) is 12.2. The summed E-state index contributed by atoms with van der Waals surface area (Å²) in [4.78, 5) is 19.6. The Bertz CT molecular complexity index is 1940. The van der Waals surface area contributed by atoms with Gasteiger partial charge in [-0.15, -0.1) is 10.2 Å². The molecule has 0 aliphatic heterocycles. The van der Waals surface area contributed by atoms with Crippen molar-refractivity contribution >= 4 is 49.8 Å². The van der Waals surface area contributed by atoms with Crippen molar-refractivity contribution in [3.05, 3.63) is 92.7 Å². The highest BCUT2D eigenvalue weighted by molar-refractivity contribution is 5.83. The van der Waals surface area contributed by atoms with Crippen molar-refractivity contribution in [1.29, 1.82) is 0 Å². The fraction of sp³-hybridized carbons (Fsp3) is 0.160. The highest BCUT2D eigenvalue weighted by Crippen LogP contribution is 2.24. The summed E-state index contributed by atoms with van der Waals surface area (Å²) >= 11 is 0. The number of aromatic nitrogens is 6. The maximum Gasteiger partial charge on any atom is 0.270 e. The standard InChI is InChI=1S/C9H7F2N3O2.C9H9F2N3.C7H4FN3O2/c10-3-4-13-8-2-1-6(14(15)16)5-7(8)9(11)12-13;10-3-4-14-8-2-1-6(12)5-7(8)9(11)13-14;8-7-5-3-4(11(12)13)1-2-6(5)9-10-7/h1-2,5H,3-4H2;1-2,5H,3-4,12H2;1-3H,(H,9,10). The lowest BCUT2D eigenvalue weighted by atomic mass is 10.2. The van der Waals surface area contributed by atoms with Crippen molar-refractivity contribution in [2.45, 2.75) is 13.1 Å². The average Bonchev–Trinajstić information content (AvgIpc) is 3.62. The lowest BCUT2D eigenvalue weighted by molar-refractivity contribution is -0.384. The second kappa shape index (κ2) is 12.9. The van der Waals surface area contributed by atoms with Gasteiger partial charge in [-0.2, -0.15) is 18.3 Å². The fourth-order valence-corrected chi connectivity index (χ4v) is 3.98. The van der Waals surface area contributed by atoms with Gasteiger partial charge in [0.25, 0.3) is 11.4 Å². The van der Waals surface area contributed by atoms with E-state index in [1.165, 1.54) is 35.0 Å². The molecule has 43 heavy (non-hydrogen) atoms. The highest BCUT2D eigenvalue weighted by Gasteiger charge is 2.15. The molecule has 224 valence electrons. The van der Waals surface area contributed by atoms with Crippen LogP contribution in [-0.4, -0.2) is 53.0 Å². The van der Waals surface area contributed by atoms with Crippen molar-refractivity contribution in [3.63, 3.8) is 0 Å². The first kappa shape index (κ1) is 30.3. The number of rotatable bonds is 6. The summed E-state index contributed by atoms with van der Waals surface area (Å²) in [6.07, 6.45) is 0. The largest absolute Gasteiger partial charge is 0.399 e. The smallest absolute Gasteiger partial charge is 0.270 e. The number of aromatic amines is 1. The third kappa shape index (κ3) is 6.63. The normalized spacial score (nSPS) is 10.8. The predicted octanol–water partition coefficient (Wildman–Crippen LogP) is 5.39. The molecule has 13 nitrogen and oxygen atoms in total. The van der Waals surface area contributed by atoms with Crippen LogP contribution in [0.25, 0.3) is 32.7 Å². The molecule has 3 heterocycles. The van der Waals surface area contributed by atoms with Gasteiger partial charge in [-0.3, -0.25) is 34.7 Å². The van der Waals surface area contributed by atoms with Crippen LogP contribution in [0.4, 0.5) is 39.0 Å². The molecule has 6 rings (SSSR count). The zero-order valence-corrected chi connectivity index (χ0v) is 21.8. The second-order valence-electron chi connectivity index (χ2n) is 8.64. The molecule has 0 saturated heterocycles. The number of nitrogens with zero attached hydrogens (tertiary/aromatic N) is 7. The lowest BCUT2D eigenvalue weighted by Crippen LogP contribution is -2.01. The number of benzene rings is 3. The minimum absolute atomic E-state index is 0.0302. The molecule has 3 aromatic carbocycles. The van der Waals surface area contributed by atoms with Gasteiger partial charge in [-0.05, 0) is 30.3 Å². The number of hydrogen-bond acceptors (Lipinski definition) is 8. The molecule has 0 spiro atoms. The van der Waals surface area contributed by atoms with Crippen LogP contribution in [-0.2, 0) is 13.1 Å². The van der Waals surface area contributed by atoms with Crippen molar-refractivity contribution in [3.8, 4) is 0 Å². The minimum atomic E-state index is -0.827. The molecule has 3 aromatic heterocycles. The Morgan fingerprint density at radius 1 is 0.744 bits per heavy atom. The molecule has 0 bridgehead atoms. The molecule has 0 radical (unpaired) electrons. The van der Waals surface area contributed by atoms with Gasteiger partial charge in [0.05, 0.1) is 55.6 Å². The maximum atomic E-state index is 13.3. The number of hydrogen-bond donors (Lipinski definition) is 2. The average molecular weight is 605 g/mol. The lowest BCUT2D eigenvalue weighted by Gasteiger charge is -1.98. The Kier molecular flexibility index (Phi) is 9.07. The zero-order valence-electron chi connectivity index (χ0n) is 21.8.